The number of hydrogen-bond acceptors (Lipinski definition) is 3. The molecular weight excluding hydrogens is 276 g/mol. The van der Waals surface area contributed by atoms with Crippen LogP contribution in [0.15, 0.2) is 23.8 Å². The number of carbonyl (C=O) groups is 1. The fourth-order valence-electron chi connectivity index (χ4n) is 5.21. The first-order valence-corrected chi connectivity index (χ1v) is 8.80. The van der Waals surface area contributed by atoms with Crippen LogP contribution in [-0.4, -0.2) is 24.8 Å². The second-order valence-corrected chi connectivity index (χ2v) is 7.62. The smallest absolute Gasteiger partial charge is 0.172 e. The summed E-state index contributed by atoms with van der Waals surface area (Å²) in [4.78, 5) is 12.7. The molecule has 0 amide bonds. The molecule has 22 heavy (non-hydrogen) atoms. The summed E-state index contributed by atoms with van der Waals surface area (Å²) in [6.45, 7) is 5.90. The Morgan fingerprint density at radius 1 is 1.27 bits per heavy atom. The molecule has 0 bridgehead atoms. The molecule has 1 aliphatic heterocycles. The molecule has 3 heteroatoms. The molecule has 1 heterocycles. The van der Waals surface area contributed by atoms with Gasteiger partial charge in [-0.05, 0) is 42.1 Å². The van der Waals surface area contributed by atoms with Crippen LogP contribution in [0.2, 0.25) is 0 Å². The van der Waals surface area contributed by atoms with Gasteiger partial charge < -0.3 is 9.47 Å². The molecule has 4 rings (SSSR count). The van der Waals surface area contributed by atoms with Crippen LogP contribution in [0, 0.1) is 29.6 Å². The molecule has 120 valence electrons. The van der Waals surface area contributed by atoms with Crippen LogP contribution < -0.4 is 0 Å². The first kappa shape index (κ1) is 14.6. The van der Waals surface area contributed by atoms with Gasteiger partial charge >= 0.3 is 0 Å². The highest BCUT2D eigenvalue weighted by Crippen LogP contribution is 2.54. The van der Waals surface area contributed by atoms with Crippen molar-refractivity contribution >= 4 is 5.78 Å². The summed E-state index contributed by atoms with van der Waals surface area (Å²) in [5, 5.41) is 0. The molecule has 1 saturated carbocycles. The topological polar surface area (TPSA) is 35.5 Å². The van der Waals surface area contributed by atoms with Crippen molar-refractivity contribution in [3.8, 4) is 0 Å². The number of fused-ring (bicyclic) bond motifs is 4. The Kier molecular flexibility index (Phi) is 3.54. The third-order valence-electron chi connectivity index (χ3n) is 6.25. The van der Waals surface area contributed by atoms with Gasteiger partial charge in [-0.15, -0.1) is 0 Å². The van der Waals surface area contributed by atoms with E-state index in [0.717, 1.165) is 24.8 Å². The van der Waals surface area contributed by atoms with Crippen molar-refractivity contribution in [1.29, 1.82) is 0 Å². The quantitative estimate of drug-likeness (QED) is 0.695. The fraction of sp³-hybridized carbons (Fsp3) is 0.737. The van der Waals surface area contributed by atoms with E-state index in [-0.39, 0.29) is 5.92 Å². The Morgan fingerprint density at radius 3 is 2.77 bits per heavy atom. The molecule has 1 saturated heterocycles. The van der Waals surface area contributed by atoms with Crippen LogP contribution in [0.4, 0.5) is 0 Å². The number of carbonyl (C=O) groups excluding carboxylic acids is 1. The maximum Gasteiger partial charge on any atom is 0.172 e. The van der Waals surface area contributed by atoms with Crippen molar-refractivity contribution in [2.75, 3.05) is 13.2 Å². The molecule has 3 aliphatic carbocycles. The maximum atomic E-state index is 12.7. The Balaban J connectivity index is 1.74. The minimum Gasteiger partial charge on any atom is -0.347 e. The lowest BCUT2D eigenvalue weighted by Gasteiger charge is -2.45. The maximum absolute atomic E-state index is 12.7. The third kappa shape index (κ3) is 2.05. The van der Waals surface area contributed by atoms with Gasteiger partial charge in [0.05, 0.1) is 13.2 Å². The molecule has 1 unspecified atom stereocenters. The van der Waals surface area contributed by atoms with Crippen molar-refractivity contribution in [2.24, 2.45) is 29.6 Å². The summed E-state index contributed by atoms with van der Waals surface area (Å²) in [6.07, 6.45) is 10.4. The largest absolute Gasteiger partial charge is 0.347 e. The van der Waals surface area contributed by atoms with Crippen LogP contribution in [0.5, 0.6) is 0 Å². The number of hydrogen-bond donors (Lipinski definition) is 0. The van der Waals surface area contributed by atoms with Crippen LogP contribution in [0.25, 0.3) is 0 Å². The highest BCUT2D eigenvalue weighted by atomic mass is 16.7. The van der Waals surface area contributed by atoms with Crippen LogP contribution in [-0.2, 0) is 14.3 Å². The van der Waals surface area contributed by atoms with Gasteiger partial charge in [-0.2, -0.15) is 0 Å². The first-order valence-electron chi connectivity index (χ1n) is 8.80. The van der Waals surface area contributed by atoms with E-state index in [1.165, 1.54) is 0 Å². The Morgan fingerprint density at radius 2 is 2.05 bits per heavy atom. The molecule has 0 radical (unpaired) electrons. The van der Waals surface area contributed by atoms with Crippen LogP contribution in [0.3, 0.4) is 0 Å². The summed E-state index contributed by atoms with van der Waals surface area (Å²) in [5.41, 5.74) is 1.10. The molecule has 2 fully saturated rings. The summed E-state index contributed by atoms with van der Waals surface area (Å²) >= 11 is 0. The van der Waals surface area contributed by atoms with Crippen molar-refractivity contribution in [2.45, 2.75) is 45.3 Å². The Bertz CT molecular complexity index is 525. The van der Waals surface area contributed by atoms with E-state index in [0.29, 0.717) is 49.1 Å². The monoisotopic (exact) mass is 302 g/mol. The number of ether oxygens (including phenoxy) is 2. The lowest BCUT2D eigenvalue weighted by Crippen LogP contribution is -2.49. The fourth-order valence-corrected chi connectivity index (χ4v) is 5.21. The molecule has 3 nitrogen and oxygen atoms in total. The van der Waals surface area contributed by atoms with Crippen molar-refractivity contribution in [1.82, 2.24) is 0 Å². The van der Waals surface area contributed by atoms with Gasteiger partial charge in [-0.1, -0.05) is 32.1 Å². The van der Waals surface area contributed by atoms with E-state index >= 15 is 0 Å². The van der Waals surface area contributed by atoms with Gasteiger partial charge in [0.15, 0.2) is 11.6 Å². The summed E-state index contributed by atoms with van der Waals surface area (Å²) in [5.74, 6) is 1.94. The number of rotatable bonds is 1. The molecule has 4 aliphatic rings. The number of allylic oxidation sites excluding steroid dienone is 4. The highest BCUT2D eigenvalue weighted by molar-refractivity contribution is 5.97. The number of Topliss-reactive ketones (excluding diaryl/α,β-unsaturated/α-hetero) is 1. The van der Waals surface area contributed by atoms with Crippen molar-refractivity contribution < 1.29 is 14.3 Å². The molecule has 0 N–H and O–H groups in total. The lowest BCUT2D eigenvalue weighted by atomic mass is 9.62. The average molecular weight is 302 g/mol. The Hall–Kier alpha value is -0.930. The second-order valence-electron chi connectivity index (χ2n) is 7.62. The second kappa shape index (κ2) is 5.31. The van der Waals surface area contributed by atoms with Gasteiger partial charge in [0.25, 0.3) is 0 Å². The first-order chi connectivity index (χ1) is 10.6. The normalized spacial score (nSPS) is 39.8. The molecule has 0 aromatic heterocycles. The molecule has 0 aromatic carbocycles. The lowest BCUT2D eigenvalue weighted by molar-refractivity contribution is -0.214. The predicted molar refractivity (Wildman–Crippen MR) is 84.1 cm³/mol. The minimum atomic E-state index is -0.514. The van der Waals surface area contributed by atoms with Gasteiger partial charge in [0.1, 0.15) is 0 Å². The molecule has 1 spiro atoms. The number of ketones is 1. The third-order valence-corrected chi connectivity index (χ3v) is 6.25. The van der Waals surface area contributed by atoms with Crippen molar-refractivity contribution in [3.05, 3.63) is 23.8 Å². The van der Waals surface area contributed by atoms with Gasteiger partial charge in [0, 0.05) is 18.8 Å². The van der Waals surface area contributed by atoms with E-state index in [9.17, 15) is 4.79 Å². The standard InChI is InChI=1S/C19H26O3/c1-12(2)13-6-7-15-17(20)11-16-14(18(13)15)5-3-4-8-19(16)21-9-10-22-19/h3,5,7,12-14,16,18H,4,6,8-11H2,1-2H3/t13-,14-,16-,18?/m0/s1. The van der Waals surface area contributed by atoms with E-state index < -0.39 is 5.79 Å². The summed E-state index contributed by atoms with van der Waals surface area (Å²) < 4.78 is 12.2. The zero-order chi connectivity index (χ0) is 15.3. The molecule has 0 aromatic rings. The average Bonchev–Trinajstić information content (AvgIpc) is 3.08. The molecular formula is C19H26O3. The van der Waals surface area contributed by atoms with Crippen LogP contribution in [0.1, 0.15) is 39.5 Å². The molecule has 4 atom stereocenters. The van der Waals surface area contributed by atoms with Gasteiger partial charge in [-0.3, -0.25) is 4.79 Å². The predicted octanol–water partition coefficient (Wildman–Crippen LogP) is 3.50. The van der Waals surface area contributed by atoms with E-state index in [4.69, 9.17) is 9.47 Å². The minimum absolute atomic E-state index is 0.183. The van der Waals surface area contributed by atoms with Crippen molar-refractivity contribution in [3.63, 3.8) is 0 Å². The summed E-state index contributed by atoms with van der Waals surface area (Å²) in [7, 11) is 0. The van der Waals surface area contributed by atoms with E-state index in [2.05, 4.69) is 32.1 Å². The summed E-state index contributed by atoms with van der Waals surface area (Å²) in [6, 6.07) is 0. The van der Waals surface area contributed by atoms with E-state index in [1.54, 1.807) is 0 Å². The van der Waals surface area contributed by atoms with Crippen LogP contribution >= 0.6 is 0 Å². The SMILES string of the molecule is CC(C)[C@@H]1CC=C2C(=O)C[C@H]3[C@H](C=CCCC34OCCO4)C21. The Labute approximate surface area is 132 Å². The van der Waals surface area contributed by atoms with Gasteiger partial charge in [0.2, 0.25) is 0 Å². The zero-order valence-electron chi connectivity index (χ0n) is 13.6. The van der Waals surface area contributed by atoms with Gasteiger partial charge in [-0.25, -0.2) is 0 Å². The highest BCUT2D eigenvalue weighted by Gasteiger charge is 2.55. The zero-order valence-corrected chi connectivity index (χ0v) is 13.6. The van der Waals surface area contributed by atoms with E-state index in [1.807, 2.05) is 0 Å².